The molecule has 1 rings (SSSR count). The van der Waals surface area contributed by atoms with Crippen molar-refractivity contribution >= 4 is 15.9 Å². The fourth-order valence-electron chi connectivity index (χ4n) is 2.27. The second kappa shape index (κ2) is 7.95. The van der Waals surface area contributed by atoms with Crippen molar-refractivity contribution in [3.05, 3.63) is 15.9 Å². The van der Waals surface area contributed by atoms with Gasteiger partial charge in [0, 0.05) is 13.1 Å². The van der Waals surface area contributed by atoms with E-state index in [0.717, 1.165) is 18.7 Å². The number of hydrogen-bond acceptors (Lipinski definition) is 2. The molecule has 0 aliphatic carbocycles. The standard InChI is InChI=1S/C14H26BrN3/c1-5-10-16-12(6-2)8-7-9-13-14(15)11(3)17-18(13)4/h12,16H,5-10H2,1-4H3. The second-order valence-electron chi connectivity index (χ2n) is 4.92. The highest BCUT2D eigenvalue weighted by Crippen LogP contribution is 2.22. The molecule has 4 heteroatoms. The number of nitrogens with zero attached hydrogens (tertiary/aromatic N) is 2. The topological polar surface area (TPSA) is 29.9 Å². The number of hydrogen-bond donors (Lipinski definition) is 1. The lowest BCUT2D eigenvalue weighted by Gasteiger charge is -2.16. The molecule has 1 unspecified atom stereocenters. The number of nitrogens with one attached hydrogen (secondary N) is 1. The molecule has 1 heterocycles. The molecule has 0 fully saturated rings. The summed E-state index contributed by atoms with van der Waals surface area (Å²) in [5.74, 6) is 0. The maximum absolute atomic E-state index is 4.43. The van der Waals surface area contributed by atoms with E-state index in [4.69, 9.17) is 0 Å². The molecule has 1 aromatic rings. The van der Waals surface area contributed by atoms with Crippen LogP contribution < -0.4 is 5.32 Å². The normalized spacial score (nSPS) is 12.9. The van der Waals surface area contributed by atoms with Crippen LogP contribution in [0.25, 0.3) is 0 Å². The van der Waals surface area contributed by atoms with Crippen molar-refractivity contribution in [3.63, 3.8) is 0 Å². The Kier molecular flexibility index (Phi) is 6.94. The first-order valence-corrected chi connectivity index (χ1v) is 7.80. The molecule has 18 heavy (non-hydrogen) atoms. The Hall–Kier alpha value is -0.350. The van der Waals surface area contributed by atoms with Crippen molar-refractivity contribution in [3.8, 4) is 0 Å². The molecule has 0 aliphatic heterocycles. The van der Waals surface area contributed by atoms with E-state index in [2.05, 4.69) is 40.2 Å². The van der Waals surface area contributed by atoms with Crippen LogP contribution in [0.3, 0.4) is 0 Å². The van der Waals surface area contributed by atoms with Crippen LogP contribution in [0.5, 0.6) is 0 Å². The first-order chi connectivity index (χ1) is 8.60. The van der Waals surface area contributed by atoms with Gasteiger partial charge in [0.2, 0.25) is 0 Å². The van der Waals surface area contributed by atoms with Crippen molar-refractivity contribution < 1.29 is 0 Å². The maximum Gasteiger partial charge on any atom is 0.0738 e. The third-order valence-electron chi connectivity index (χ3n) is 3.40. The largest absolute Gasteiger partial charge is 0.314 e. The lowest BCUT2D eigenvalue weighted by atomic mass is 10.1. The molecule has 0 radical (unpaired) electrons. The van der Waals surface area contributed by atoms with Crippen LogP contribution in [-0.4, -0.2) is 22.4 Å². The summed E-state index contributed by atoms with van der Waals surface area (Å²) < 4.78 is 3.18. The summed E-state index contributed by atoms with van der Waals surface area (Å²) in [7, 11) is 2.03. The highest BCUT2D eigenvalue weighted by Gasteiger charge is 2.11. The third-order valence-corrected chi connectivity index (χ3v) is 4.44. The highest BCUT2D eigenvalue weighted by atomic mass is 79.9. The van der Waals surface area contributed by atoms with Gasteiger partial charge in [0.1, 0.15) is 0 Å². The number of halogens is 1. The lowest BCUT2D eigenvalue weighted by Crippen LogP contribution is -2.29. The van der Waals surface area contributed by atoms with E-state index in [1.807, 2.05) is 18.7 Å². The maximum atomic E-state index is 4.43. The monoisotopic (exact) mass is 315 g/mol. The summed E-state index contributed by atoms with van der Waals surface area (Å²) in [6.07, 6.45) is 5.98. The second-order valence-corrected chi connectivity index (χ2v) is 5.71. The Bertz CT molecular complexity index is 360. The van der Waals surface area contributed by atoms with Gasteiger partial charge >= 0.3 is 0 Å². The number of aromatic nitrogens is 2. The van der Waals surface area contributed by atoms with E-state index in [9.17, 15) is 0 Å². The molecular formula is C14H26BrN3. The highest BCUT2D eigenvalue weighted by molar-refractivity contribution is 9.10. The van der Waals surface area contributed by atoms with Gasteiger partial charge in [0.15, 0.2) is 0 Å². The minimum atomic E-state index is 0.665. The van der Waals surface area contributed by atoms with Crippen LogP contribution >= 0.6 is 15.9 Å². The Morgan fingerprint density at radius 1 is 1.39 bits per heavy atom. The summed E-state index contributed by atoms with van der Waals surface area (Å²) >= 11 is 3.63. The zero-order valence-corrected chi connectivity index (χ0v) is 13.7. The molecule has 0 bridgehead atoms. The zero-order chi connectivity index (χ0) is 13.5. The van der Waals surface area contributed by atoms with E-state index >= 15 is 0 Å². The summed E-state index contributed by atoms with van der Waals surface area (Å²) in [5.41, 5.74) is 2.40. The fraction of sp³-hybridized carbons (Fsp3) is 0.786. The molecule has 1 aromatic heterocycles. The lowest BCUT2D eigenvalue weighted by molar-refractivity contribution is 0.453. The van der Waals surface area contributed by atoms with Gasteiger partial charge < -0.3 is 5.32 Å². The molecule has 3 nitrogen and oxygen atoms in total. The molecule has 1 N–H and O–H groups in total. The molecule has 0 aliphatic rings. The van der Waals surface area contributed by atoms with Gasteiger partial charge in [-0.15, -0.1) is 0 Å². The molecule has 0 aromatic carbocycles. The number of aryl methyl sites for hydroxylation is 2. The van der Waals surface area contributed by atoms with Crippen LogP contribution in [0.15, 0.2) is 4.47 Å². The Morgan fingerprint density at radius 3 is 2.61 bits per heavy atom. The van der Waals surface area contributed by atoms with Gasteiger partial charge in [-0.3, -0.25) is 4.68 Å². The summed E-state index contributed by atoms with van der Waals surface area (Å²) in [6.45, 7) is 7.66. The van der Waals surface area contributed by atoms with Crippen molar-refractivity contribution in [2.45, 2.75) is 58.9 Å². The van der Waals surface area contributed by atoms with Crippen molar-refractivity contribution in [1.82, 2.24) is 15.1 Å². The van der Waals surface area contributed by atoms with Gasteiger partial charge in [-0.05, 0) is 61.5 Å². The van der Waals surface area contributed by atoms with E-state index in [0.29, 0.717) is 6.04 Å². The first-order valence-electron chi connectivity index (χ1n) is 7.01. The van der Waals surface area contributed by atoms with Crippen molar-refractivity contribution in [1.29, 1.82) is 0 Å². The Morgan fingerprint density at radius 2 is 2.11 bits per heavy atom. The quantitative estimate of drug-likeness (QED) is 0.794. The fourth-order valence-corrected chi connectivity index (χ4v) is 2.80. The smallest absolute Gasteiger partial charge is 0.0738 e. The minimum Gasteiger partial charge on any atom is -0.314 e. The van der Waals surface area contributed by atoms with Crippen molar-refractivity contribution in [2.75, 3.05) is 6.54 Å². The molecule has 0 saturated heterocycles. The van der Waals surface area contributed by atoms with Crippen LogP contribution in [0.1, 0.15) is 50.9 Å². The predicted molar refractivity (Wildman–Crippen MR) is 81.0 cm³/mol. The van der Waals surface area contributed by atoms with Gasteiger partial charge in [-0.25, -0.2) is 0 Å². The zero-order valence-electron chi connectivity index (χ0n) is 12.1. The van der Waals surface area contributed by atoms with Gasteiger partial charge in [0.25, 0.3) is 0 Å². The van der Waals surface area contributed by atoms with E-state index in [1.54, 1.807) is 0 Å². The molecule has 0 amide bonds. The predicted octanol–water partition coefficient (Wildman–Crippen LogP) is 3.59. The van der Waals surface area contributed by atoms with Crippen LogP contribution in [0.2, 0.25) is 0 Å². The summed E-state index contributed by atoms with van der Waals surface area (Å²) in [4.78, 5) is 0. The van der Waals surface area contributed by atoms with Gasteiger partial charge in [-0.1, -0.05) is 13.8 Å². The van der Waals surface area contributed by atoms with E-state index in [-0.39, 0.29) is 0 Å². The minimum absolute atomic E-state index is 0.665. The molecule has 104 valence electrons. The van der Waals surface area contributed by atoms with Gasteiger partial charge in [-0.2, -0.15) is 5.10 Å². The molecular weight excluding hydrogens is 290 g/mol. The Balaban J connectivity index is 2.40. The molecule has 0 saturated carbocycles. The van der Waals surface area contributed by atoms with E-state index in [1.165, 1.54) is 35.8 Å². The molecule has 0 spiro atoms. The average molecular weight is 316 g/mol. The summed E-state index contributed by atoms with van der Waals surface area (Å²) in [5, 5.41) is 8.04. The van der Waals surface area contributed by atoms with E-state index < -0.39 is 0 Å². The van der Waals surface area contributed by atoms with Crippen LogP contribution in [0.4, 0.5) is 0 Å². The Labute approximate surface area is 119 Å². The van der Waals surface area contributed by atoms with Gasteiger partial charge in [0.05, 0.1) is 15.9 Å². The third kappa shape index (κ3) is 4.39. The first kappa shape index (κ1) is 15.7. The molecule has 1 atom stereocenters. The number of rotatable bonds is 8. The van der Waals surface area contributed by atoms with Crippen molar-refractivity contribution in [2.24, 2.45) is 7.05 Å². The van der Waals surface area contributed by atoms with Crippen LogP contribution in [0, 0.1) is 6.92 Å². The summed E-state index contributed by atoms with van der Waals surface area (Å²) in [6, 6.07) is 0.665. The SMILES string of the molecule is CCCNC(CC)CCCc1c(Br)c(C)nn1C. The van der Waals surface area contributed by atoms with Crippen LogP contribution in [-0.2, 0) is 13.5 Å². The average Bonchev–Trinajstić information content (AvgIpc) is 2.59.